The predicted octanol–water partition coefficient (Wildman–Crippen LogP) is 0.426. The molecule has 1 saturated heterocycles. The summed E-state index contributed by atoms with van der Waals surface area (Å²) in [5, 5.41) is 2.06. The van der Waals surface area contributed by atoms with Crippen LogP contribution in [0.1, 0.15) is 18.4 Å². The molecular weight excluding hydrogens is 391 g/mol. The largest absolute Gasteiger partial charge is 0.417 e. The van der Waals surface area contributed by atoms with E-state index >= 15 is 0 Å². The number of nitrogens with zero attached hydrogens (tertiary/aromatic N) is 2. The van der Waals surface area contributed by atoms with Gasteiger partial charge in [0.15, 0.2) is 6.04 Å². The van der Waals surface area contributed by atoms with Gasteiger partial charge in [-0.15, -0.1) is 0 Å². The van der Waals surface area contributed by atoms with Gasteiger partial charge in [-0.05, 0) is 18.9 Å². The number of nitrogens with one attached hydrogen (secondary N) is 1. The number of piperidine rings is 1. The molecule has 1 aromatic rings. The molecule has 2 heterocycles. The van der Waals surface area contributed by atoms with Crippen LogP contribution in [0.2, 0.25) is 5.02 Å². The summed E-state index contributed by atoms with van der Waals surface area (Å²) in [6.45, 7) is 0.599. The third-order valence-electron chi connectivity index (χ3n) is 4.17. The van der Waals surface area contributed by atoms with Gasteiger partial charge in [-0.3, -0.25) is 14.4 Å². The average Bonchev–Trinajstić information content (AvgIpc) is 2.58. The van der Waals surface area contributed by atoms with Crippen LogP contribution in [-0.4, -0.2) is 41.8 Å². The van der Waals surface area contributed by atoms with Crippen LogP contribution in [-0.2, 0) is 20.6 Å². The number of carbonyl (C=O) groups excluding carboxylic acids is 3. The molecule has 0 atom stereocenters. The zero-order valence-electron chi connectivity index (χ0n) is 13.9. The monoisotopic (exact) mass is 407 g/mol. The van der Waals surface area contributed by atoms with E-state index in [4.69, 9.17) is 23.1 Å². The van der Waals surface area contributed by atoms with Crippen molar-refractivity contribution >= 4 is 35.1 Å². The molecule has 0 radical (unpaired) electrons. The van der Waals surface area contributed by atoms with Crippen molar-refractivity contribution in [1.29, 1.82) is 0 Å². The third-order valence-corrected chi connectivity index (χ3v) is 4.45. The van der Waals surface area contributed by atoms with E-state index in [1.807, 2.05) is 0 Å². The highest BCUT2D eigenvalue weighted by Crippen LogP contribution is 2.34. The van der Waals surface area contributed by atoms with Crippen molar-refractivity contribution in [2.45, 2.75) is 25.1 Å². The minimum Gasteiger partial charge on any atom is -0.367 e. The lowest BCUT2D eigenvalue weighted by Crippen LogP contribution is -2.54. The van der Waals surface area contributed by atoms with Crippen LogP contribution in [0.4, 0.5) is 19.0 Å². The number of amides is 3. The Hall–Kier alpha value is -2.56. The van der Waals surface area contributed by atoms with Gasteiger partial charge in [-0.2, -0.15) is 13.2 Å². The molecule has 148 valence electrons. The van der Waals surface area contributed by atoms with Gasteiger partial charge < -0.3 is 21.7 Å². The first kappa shape index (κ1) is 20.7. The molecule has 1 fully saturated rings. The quantitative estimate of drug-likeness (QED) is 0.609. The molecule has 1 aliphatic heterocycles. The predicted molar refractivity (Wildman–Crippen MR) is 89.5 cm³/mol. The van der Waals surface area contributed by atoms with E-state index < -0.39 is 41.4 Å². The normalized spacial score (nSPS) is 15.7. The van der Waals surface area contributed by atoms with E-state index in [2.05, 4.69) is 10.3 Å². The zero-order chi connectivity index (χ0) is 20.4. The van der Waals surface area contributed by atoms with Crippen molar-refractivity contribution in [3.05, 3.63) is 22.8 Å². The summed E-state index contributed by atoms with van der Waals surface area (Å²) in [5.74, 6) is -3.00. The van der Waals surface area contributed by atoms with Gasteiger partial charge in [0.25, 0.3) is 0 Å². The molecule has 12 heteroatoms. The first-order valence-corrected chi connectivity index (χ1v) is 8.25. The molecule has 0 aromatic carbocycles. The van der Waals surface area contributed by atoms with Crippen LogP contribution < -0.4 is 21.7 Å². The number of pyridine rings is 1. The van der Waals surface area contributed by atoms with Crippen molar-refractivity contribution in [2.75, 3.05) is 18.0 Å². The Balaban J connectivity index is 2.00. The summed E-state index contributed by atoms with van der Waals surface area (Å²) in [7, 11) is 0. The zero-order valence-corrected chi connectivity index (χ0v) is 14.7. The second-order valence-electron chi connectivity index (χ2n) is 6.03. The highest BCUT2D eigenvalue weighted by molar-refractivity contribution is 6.33. The number of carbonyl (C=O) groups is 3. The van der Waals surface area contributed by atoms with Gasteiger partial charge in [0.05, 0.1) is 10.6 Å². The fourth-order valence-electron chi connectivity index (χ4n) is 2.71. The highest BCUT2D eigenvalue weighted by Gasteiger charge is 2.33. The summed E-state index contributed by atoms with van der Waals surface area (Å²) in [4.78, 5) is 39.9. The maximum Gasteiger partial charge on any atom is 0.417 e. The van der Waals surface area contributed by atoms with E-state index in [0.717, 1.165) is 6.07 Å². The molecule has 0 aliphatic carbocycles. The second-order valence-corrected chi connectivity index (χ2v) is 6.44. The SMILES string of the molecule is NC(=O)C(NC(=O)C1CCN(c2ncc(C(F)(F)F)cc2Cl)CC1)C(N)=O. The number of rotatable bonds is 5. The fourth-order valence-corrected chi connectivity index (χ4v) is 3.00. The lowest BCUT2D eigenvalue weighted by molar-refractivity contribution is -0.138. The summed E-state index contributed by atoms with van der Waals surface area (Å²) < 4.78 is 38.0. The van der Waals surface area contributed by atoms with Crippen LogP contribution in [0.15, 0.2) is 12.3 Å². The summed E-state index contributed by atoms with van der Waals surface area (Å²) in [5.41, 5.74) is 9.06. The first-order valence-electron chi connectivity index (χ1n) is 7.87. The molecule has 8 nitrogen and oxygen atoms in total. The maximum absolute atomic E-state index is 12.7. The third kappa shape index (κ3) is 5.00. The number of aromatic nitrogens is 1. The maximum atomic E-state index is 12.7. The molecule has 1 aromatic heterocycles. The average molecular weight is 408 g/mol. The van der Waals surface area contributed by atoms with E-state index in [1.54, 1.807) is 4.90 Å². The molecule has 2 rings (SSSR count). The van der Waals surface area contributed by atoms with Crippen molar-refractivity contribution in [1.82, 2.24) is 10.3 Å². The molecular formula is C15H17ClF3N5O3. The van der Waals surface area contributed by atoms with Crippen LogP contribution in [0, 0.1) is 5.92 Å². The molecule has 5 N–H and O–H groups in total. The minimum atomic E-state index is -4.54. The smallest absolute Gasteiger partial charge is 0.367 e. The topological polar surface area (TPSA) is 131 Å². The Morgan fingerprint density at radius 1 is 1.22 bits per heavy atom. The van der Waals surface area contributed by atoms with Crippen molar-refractivity contribution in [2.24, 2.45) is 17.4 Å². The van der Waals surface area contributed by atoms with Crippen LogP contribution >= 0.6 is 11.6 Å². The van der Waals surface area contributed by atoms with Gasteiger partial charge in [0.1, 0.15) is 5.82 Å². The van der Waals surface area contributed by atoms with Crippen molar-refractivity contribution < 1.29 is 27.6 Å². The number of hydrogen-bond donors (Lipinski definition) is 3. The molecule has 27 heavy (non-hydrogen) atoms. The Morgan fingerprint density at radius 3 is 2.22 bits per heavy atom. The number of alkyl halides is 3. The molecule has 1 aliphatic rings. The Morgan fingerprint density at radius 2 is 1.78 bits per heavy atom. The first-order chi connectivity index (χ1) is 12.5. The van der Waals surface area contributed by atoms with Crippen LogP contribution in [0.5, 0.6) is 0 Å². The summed E-state index contributed by atoms with van der Waals surface area (Å²) >= 11 is 5.92. The Kier molecular flexibility index (Phi) is 6.14. The number of halogens is 4. The lowest BCUT2D eigenvalue weighted by atomic mass is 9.95. The minimum absolute atomic E-state index is 0.143. The number of nitrogens with two attached hydrogens (primary N) is 2. The van der Waals surface area contributed by atoms with E-state index in [1.165, 1.54) is 0 Å². The molecule has 0 saturated carbocycles. The van der Waals surface area contributed by atoms with Crippen LogP contribution in [0.25, 0.3) is 0 Å². The van der Waals surface area contributed by atoms with Crippen molar-refractivity contribution in [3.63, 3.8) is 0 Å². The number of anilines is 1. The van der Waals surface area contributed by atoms with Crippen LogP contribution in [0.3, 0.4) is 0 Å². The molecule has 0 bridgehead atoms. The Labute approximate surface area is 157 Å². The standard InChI is InChI=1S/C15H17ClF3N5O3/c16-9-5-8(15(17,18)19)6-22-13(9)24-3-1-7(2-4-24)14(27)23-10(11(20)25)12(21)26/h5-7,10H,1-4H2,(H2,20,25)(H2,21,26)(H,23,27). The highest BCUT2D eigenvalue weighted by atomic mass is 35.5. The van der Waals surface area contributed by atoms with E-state index in [0.29, 0.717) is 32.1 Å². The van der Waals surface area contributed by atoms with Gasteiger partial charge in [0.2, 0.25) is 17.7 Å². The fraction of sp³-hybridized carbons (Fsp3) is 0.467. The number of primary amides is 2. The second kappa shape index (κ2) is 7.99. The van der Waals surface area contributed by atoms with E-state index in [9.17, 15) is 27.6 Å². The van der Waals surface area contributed by atoms with Crippen molar-refractivity contribution in [3.8, 4) is 0 Å². The van der Waals surface area contributed by atoms with Gasteiger partial charge in [0, 0.05) is 25.2 Å². The Bertz CT molecular complexity index is 737. The lowest BCUT2D eigenvalue weighted by Gasteiger charge is -2.33. The number of hydrogen-bond acceptors (Lipinski definition) is 5. The summed E-state index contributed by atoms with van der Waals surface area (Å²) in [6.07, 6.45) is -3.22. The van der Waals surface area contributed by atoms with Gasteiger partial charge in [-0.25, -0.2) is 4.98 Å². The molecule has 0 unspecified atom stereocenters. The van der Waals surface area contributed by atoms with Gasteiger partial charge >= 0.3 is 6.18 Å². The molecule has 3 amide bonds. The van der Waals surface area contributed by atoms with E-state index in [-0.39, 0.29) is 10.8 Å². The summed E-state index contributed by atoms with van der Waals surface area (Å²) in [6, 6.07) is -0.797. The van der Waals surface area contributed by atoms with Gasteiger partial charge in [-0.1, -0.05) is 11.6 Å². The molecule has 0 spiro atoms.